The Morgan fingerprint density at radius 3 is 3.00 bits per heavy atom. The summed E-state index contributed by atoms with van der Waals surface area (Å²) in [6, 6.07) is 2.72. The number of halogens is 1. The van der Waals surface area contributed by atoms with E-state index in [1.165, 1.54) is 12.8 Å². The van der Waals surface area contributed by atoms with Crippen LogP contribution >= 0.6 is 11.6 Å². The number of aryl methyl sites for hydroxylation is 1. The molecular weight excluding hydrogens is 224 g/mol. The number of aliphatic hydroxyl groups excluding tert-OH is 1. The van der Waals surface area contributed by atoms with Gasteiger partial charge in [-0.1, -0.05) is 11.6 Å². The monoisotopic (exact) mass is 240 g/mol. The van der Waals surface area contributed by atoms with Crippen LogP contribution in [0.1, 0.15) is 30.5 Å². The van der Waals surface area contributed by atoms with Crippen molar-refractivity contribution in [2.45, 2.75) is 38.3 Å². The van der Waals surface area contributed by atoms with Gasteiger partial charge in [-0.25, -0.2) is 0 Å². The van der Waals surface area contributed by atoms with Crippen LogP contribution in [0.4, 0.5) is 0 Å². The normalized spacial score (nSPS) is 15.4. The fraction of sp³-hybridized carbons (Fsp3) is 0.583. The van der Waals surface area contributed by atoms with Gasteiger partial charge in [0.15, 0.2) is 0 Å². The number of hydrogen-bond acceptors (Lipinski definition) is 3. The van der Waals surface area contributed by atoms with Crippen molar-refractivity contribution in [1.29, 1.82) is 0 Å². The molecule has 1 aromatic heterocycles. The summed E-state index contributed by atoms with van der Waals surface area (Å²) in [4.78, 5) is 4.25. The molecule has 2 rings (SSSR count). The summed E-state index contributed by atoms with van der Waals surface area (Å²) in [6.07, 6.45) is 5.83. The molecule has 0 saturated heterocycles. The van der Waals surface area contributed by atoms with Crippen LogP contribution in [0.2, 0.25) is 5.02 Å². The molecule has 0 amide bonds. The fourth-order valence-electron chi connectivity index (χ4n) is 1.60. The Morgan fingerprint density at radius 1 is 1.50 bits per heavy atom. The number of nitrogens with one attached hydrogen (secondary N) is 1. The highest BCUT2D eigenvalue weighted by atomic mass is 35.5. The Hall–Kier alpha value is -0.640. The second-order valence-corrected chi connectivity index (χ2v) is 4.66. The summed E-state index contributed by atoms with van der Waals surface area (Å²) in [5, 5.41) is 12.9. The third-order valence-electron chi connectivity index (χ3n) is 2.74. The van der Waals surface area contributed by atoms with Crippen LogP contribution in [0.25, 0.3) is 0 Å². The molecular formula is C12H17ClN2O. The molecule has 0 unspecified atom stereocenters. The van der Waals surface area contributed by atoms with Crippen molar-refractivity contribution < 1.29 is 5.11 Å². The van der Waals surface area contributed by atoms with Crippen molar-refractivity contribution >= 4 is 11.6 Å². The first-order valence-electron chi connectivity index (χ1n) is 5.77. The molecule has 0 aliphatic heterocycles. The molecule has 0 aromatic carbocycles. The minimum atomic E-state index is 0.208. The van der Waals surface area contributed by atoms with Gasteiger partial charge in [-0.3, -0.25) is 4.98 Å². The number of rotatable bonds is 6. The summed E-state index contributed by atoms with van der Waals surface area (Å²) in [6.45, 7) is 1.03. The molecule has 2 N–H and O–H groups in total. The van der Waals surface area contributed by atoms with Crippen LogP contribution < -0.4 is 5.32 Å². The first-order valence-corrected chi connectivity index (χ1v) is 6.15. The lowest BCUT2D eigenvalue weighted by Crippen LogP contribution is -2.16. The Kier molecular flexibility index (Phi) is 4.16. The third-order valence-corrected chi connectivity index (χ3v) is 3.08. The average Bonchev–Trinajstić information content (AvgIpc) is 3.10. The first kappa shape index (κ1) is 11.8. The predicted molar refractivity (Wildman–Crippen MR) is 64.5 cm³/mol. The molecule has 1 heterocycles. The number of hydrogen-bond donors (Lipinski definition) is 2. The minimum Gasteiger partial charge on any atom is -0.396 e. The maximum absolute atomic E-state index is 8.77. The number of aromatic nitrogens is 1. The van der Waals surface area contributed by atoms with E-state index in [1.54, 1.807) is 6.20 Å². The molecule has 1 fully saturated rings. The Bertz CT molecular complexity index is 353. The molecule has 1 aliphatic carbocycles. The molecule has 0 bridgehead atoms. The molecule has 0 atom stereocenters. The van der Waals surface area contributed by atoms with Crippen LogP contribution in [0, 0.1) is 0 Å². The largest absolute Gasteiger partial charge is 0.396 e. The fourth-order valence-corrected chi connectivity index (χ4v) is 1.77. The lowest BCUT2D eigenvalue weighted by Gasteiger charge is -2.07. The summed E-state index contributed by atoms with van der Waals surface area (Å²) in [5.41, 5.74) is 2.11. The second kappa shape index (κ2) is 5.62. The first-order chi connectivity index (χ1) is 7.79. The third kappa shape index (κ3) is 3.44. The maximum atomic E-state index is 8.77. The zero-order chi connectivity index (χ0) is 11.4. The van der Waals surface area contributed by atoms with E-state index < -0.39 is 0 Å². The summed E-state index contributed by atoms with van der Waals surface area (Å²) in [5.74, 6) is 0. The zero-order valence-electron chi connectivity index (χ0n) is 9.25. The Morgan fingerprint density at radius 2 is 2.31 bits per heavy atom. The zero-order valence-corrected chi connectivity index (χ0v) is 10.0. The highest BCUT2D eigenvalue weighted by Crippen LogP contribution is 2.21. The topological polar surface area (TPSA) is 45.1 Å². The SMILES string of the molecule is OCCCc1cc(CNC2CC2)c(Cl)cn1. The molecule has 16 heavy (non-hydrogen) atoms. The molecule has 1 aliphatic rings. The number of aliphatic hydroxyl groups is 1. The van der Waals surface area contributed by atoms with Gasteiger partial charge in [0.05, 0.1) is 5.02 Å². The lowest BCUT2D eigenvalue weighted by molar-refractivity contribution is 0.288. The maximum Gasteiger partial charge on any atom is 0.0634 e. The van der Waals surface area contributed by atoms with Gasteiger partial charge in [-0.15, -0.1) is 0 Å². The van der Waals surface area contributed by atoms with E-state index in [0.29, 0.717) is 6.04 Å². The molecule has 1 saturated carbocycles. The molecule has 0 radical (unpaired) electrons. The number of nitrogens with zero attached hydrogens (tertiary/aromatic N) is 1. The van der Waals surface area contributed by atoms with E-state index in [0.717, 1.165) is 35.7 Å². The molecule has 88 valence electrons. The van der Waals surface area contributed by atoms with Crippen molar-refractivity contribution in [1.82, 2.24) is 10.3 Å². The van der Waals surface area contributed by atoms with Gasteiger partial charge >= 0.3 is 0 Å². The van der Waals surface area contributed by atoms with Crippen LogP contribution in [-0.4, -0.2) is 22.7 Å². The summed E-state index contributed by atoms with van der Waals surface area (Å²) >= 11 is 6.08. The van der Waals surface area contributed by atoms with Crippen molar-refractivity contribution in [2.75, 3.05) is 6.61 Å². The van der Waals surface area contributed by atoms with Gasteiger partial charge in [0.25, 0.3) is 0 Å². The Labute approximate surface area is 101 Å². The smallest absolute Gasteiger partial charge is 0.0634 e. The van der Waals surface area contributed by atoms with E-state index in [1.807, 2.05) is 6.07 Å². The average molecular weight is 241 g/mol. The summed E-state index contributed by atoms with van der Waals surface area (Å²) < 4.78 is 0. The lowest BCUT2D eigenvalue weighted by atomic mass is 10.1. The van der Waals surface area contributed by atoms with E-state index >= 15 is 0 Å². The van der Waals surface area contributed by atoms with Crippen LogP contribution in [0.3, 0.4) is 0 Å². The van der Waals surface area contributed by atoms with Crippen molar-refractivity contribution in [3.05, 3.63) is 28.5 Å². The van der Waals surface area contributed by atoms with Gasteiger partial charge in [0.2, 0.25) is 0 Å². The minimum absolute atomic E-state index is 0.208. The quantitative estimate of drug-likeness (QED) is 0.799. The highest BCUT2D eigenvalue weighted by molar-refractivity contribution is 6.31. The van der Waals surface area contributed by atoms with Crippen LogP contribution in [0.15, 0.2) is 12.3 Å². The van der Waals surface area contributed by atoms with Crippen molar-refractivity contribution in [3.8, 4) is 0 Å². The van der Waals surface area contributed by atoms with Crippen LogP contribution in [-0.2, 0) is 13.0 Å². The summed E-state index contributed by atoms with van der Waals surface area (Å²) in [7, 11) is 0. The van der Waals surface area contributed by atoms with Gasteiger partial charge in [0, 0.05) is 31.1 Å². The van der Waals surface area contributed by atoms with E-state index in [2.05, 4.69) is 10.3 Å². The van der Waals surface area contributed by atoms with Crippen LogP contribution in [0.5, 0.6) is 0 Å². The van der Waals surface area contributed by atoms with Crippen molar-refractivity contribution in [2.24, 2.45) is 0 Å². The van der Waals surface area contributed by atoms with Gasteiger partial charge in [0.1, 0.15) is 0 Å². The van der Waals surface area contributed by atoms with E-state index in [-0.39, 0.29) is 6.61 Å². The van der Waals surface area contributed by atoms with Crippen molar-refractivity contribution in [3.63, 3.8) is 0 Å². The van der Waals surface area contributed by atoms with E-state index in [4.69, 9.17) is 16.7 Å². The van der Waals surface area contributed by atoms with Gasteiger partial charge in [-0.2, -0.15) is 0 Å². The second-order valence-electron chi connectivity index (χ2n) is 4.25. The Balaban J connectivity index is 1.96. The van der Waals surface area contributed by atoms with Gasteiger partial charge in [-0.05, 0) is 37.3 Å². The highest BCUT2D eigenvalue weighted by Gasteiger charge is 2.20. The number of pyridine rings is 1. The molecule has 1 aromatic rings. The standard InChI is InChI=1S/C12H17ClN2O/c13-12-8-15-11(2-1-5-16)6-9(12)7-14-10-3-4-10/h6,8,10,14,16H,1-5,7H2. The van der Waals surface area contributed by atoms with Gasteiger partial charge < -0.3 is 10.4 Å². The predicted octanol–water partition coefficient (Wildman–Crippen LogP) is 1.91. The molecule has 0 spiro atoms. The van der Waals surface area contributed by atoms with E-state index in [9.17, 15) is 0 Å². The molecule has 3 nitrogen and oxygen atoms in total. The molecule has 4 heteroatoms.